The summed E-state index contributed by atoms with van der Waals surface area (Å²) in [7, 11) is -7.07. The zero-order valence-corrected chi connectivity index (χ0v) is 29.0. The van der Waals surface area contributed by atoms with E-state index in [0.29, 0.717) is 44.5 Å². The van der Waals surface area contributed by atoms with E-state index in [1.165, 1.54) is 23.3 Å². The van der Waals surface area contributed by atoms with Gasteiger partial charge in [0.15, 0.2) is 5.79 Å². The van der Waals surface area contributed by atoms with E-state index in [9.17, 15) is 53.0 Å². The molecule has 5 rings (SSSR count). The van der Waals surface area contributed by atoms with Gasteiger partial charge < -0.3 is 18.8 Å². The SMILES string of the molecule is CCCC1C2CCC3CC4(CCC3=C2[C@@H](c2ccc(OS(=O)(=O)C(F)(F)C(F)(F)C(F)(F)C(F)(F)F)cc2)C[C@]1(C)CO)OCC(C)(C)CO4. The highest BCUT2D eigenvalue weighted by atomic mass is 32.2. The summed E-state index contributed by atoms with van der Waals surface area (Å²) in [6.07, 6.45) is -1.29. The molecule has 1 aromatic carbocycles. The largest absolute Gasteiger partial charge is 0.460 e. The van der Waals surface area contributed by atoms with Crippen molar-refractivity contribution in [2.75, 3.05) is 19.8 Å². The van der Waals surface area contributed by atoms with Gasteiger partial charge >= 0.3 is 33.4 Å². The lowest BCUT2D eigenvalue weighted by molar-refractivity contribution is -0.382. The average molecular weight is 751 g/mol. The fraction of sp³-hybridized carbons (Fsp3) is 0.765. The molecule has 6 nitrogen and oxygen atoms in total. The highest BCUT2D eigenvalue weighted by Crippen LogP contribution is 2.62. The van der Waals surface area contributed by atoms with Crippen molar-refractivity contribution < 1.29 is 66.7 Å². The van der Waals surface area contributed by atoms with Crippen molar-refractivity contribution in [1.29, 1.82) is 0 Å². The second-order valence-electron chi connectivity index (χ2n) is 15.5. The lowest BCUT2D eigenvalue weighted by atomic mass is 9.51. The molecule has 0 aromatic heterocycles. The van der Waals surface area contributed by atoms with E-state index >= 15 is 0 Å². The Bertz CT molecular complexity index is 1550. The van der Waals surface area contributed by atoms with Gasteiger partial charge in [0.05, 0.1) is 13.2 Å². The molecule has 0 amide bonds. The van der Waals surface area contributed by atoms with Crippen LogP contribution in [0.1, 0.15) is 90.5 Å². The lowest BCUT2D eigenvalue weighted by Crippen LogP contribution is -2.63. The van der Waals surface area contributed by atoms with Crippen LogP contribution in [0.25, 0.3) is 0 Å². The number of rotatable bonds is 9. The van der Waals surface area contributed by atoms with E-state index in [1.54, 1.807) is 0 Å². The summed E-state index contributed by atoms with van der Waals surface area (Å²) in [6, 6.07) is 4.36. The number of fused-ring (bicyclic) bond motifs is 2. The molecular formula is C34H43F9O6S. The summed E-state index contributed by atoms with van der Waals surface area (Å²) in [5.41, 5.74) is 2.36. The smallest absolute Gasteiger partial charge is 0.396 e. The normalized spacial score (nSPS) is 30.5. The van der Waals surface area contributed by atoms with Crippen LogP contribution in [-0.2, 0) is 19.6 Å². The van der Waals surface area contributed by atoms with Crippen molar-refractivity contribution in [2.24, 2.45) is 28.6 Å². The predicted octanol–water partition coefficient (Wildman–Crippen LogP) is 9.00. The number of hydrogen-bond donors (Lipinski definition) is 1. The van der Waals surface area contributed by atoms with Crippen molar-refractivity contribution >= 4 is 10.1 Å². The summed E-state index contributed by atoms with van der Waals surface area (Å²) in [5, 5.41) is 3.71. The maximum Gasteiger partial charge on any atom is 0.460 e. The standard InChI is InChI=1S/C34H43F9O6S/c1-5-6-26-24-12-9-21-15-30(47-18-28(2,3)19-48-30)14-13-23(21)27(24)25(16-29(26,4)17-44)20-7-10-22(11-8-20)49-50(45,46)34(42,43)32(37,38)31(35,36)33(39,40)41/h7-8,10-11,21,24-26,44H,5-6,9,12-19H2,1-4H3/t21?,24?,25-,26?,29-/m1/s1. The molecule has 4 aliphatic rings. The van der Waals surface area contributed by atoms with Gasteiger partial charge in [0, 0.05) is 30.8 Å². The third-order valence-corrected chi connectivity index (χ3v) is 12.5. The van der Waals surface area contributed by atoms with Crippen LogP contribution in [0.5, 0.6) is 5.75 Å². The van der Waals surface area contributed by atoms with Crippen LogP contribution in [0, 0.1) is 28.6 Å². The molecule has 0 radical (unpaired) electrons. The summed E-state index contributed by atoms with van der Waals surface area (Å²) in [5.74, 6) is -16.4. The minimum atomic E-state index is -7.40. The van der Waals surface area contributed by atoms with E-state index in [-0.39, 0.29) is 35.7 Å². The number of allylic oxidation sites excluding steroid dienone is 2. The first-order chi connectivity index (χ1) is 22.9. The van der Waals surface area contributed by atoms with E-state index in [0.717, 1.165) is 37.8 Å². The molecule has 1 N–H and O–H groups in total. The first-order valence-electron chi connectivity index (χ1n) is 16.7. The molecule has 1 spiro atoms. The number of ether oxygens (including phenoxy) is 2. The van der Waals surface area contributed by atoms with E-state index in [2.05, 4.69) is 25.0 Å². The summed E-state index contributed by atoms with van der Waals surface area (Å²) < 4.78 is 162. The Morgan fingerprint density at radius 2 is 1.50 bits per heavy atom. The molecule has 50 heavy (non-hydrogen) atoms. The van der Waals surface area contributed by atoms with E-state index in [4.69, 9.17) is 9.47 Å². The molecule has 3 aliphatic carbocycles. The number of aliphatic hydroxyl groups is 1. The van der Waals surface area contributed by atoms with Crippen LogP contribution < -0.4 is 4.18 Å². The number of hydrogen-bond acceptors (Lipinski definition) is 6. The van der Waals surface area contributed by atoms with Crippen LogP contribution in [0.4, 0.5) is 39.5 Å². The maximum atomic E-state index is 14.3. The van der Waals surface area contributed by atoms with Crippen molar-refractivity contribution in [3.8, 4) is 5.75 Å². The number of benzene rings is 1. The van der Waals surface area contributed by atoms with Crippen LogP contribution in [0.2, 0.25) is 0 Å². The van der Waals surface area contributed by atoms with Gasteiger partial charge in [-0.25, -0.2) is 0 Å². The number of aliphatic hydroxyl groups excluding tert-OH is 1. The Balaban J connectivity index is 1.47. The third kappa shape index (κ3) is 6.46. The third-order valence-electron chi connectivity index (χ3n) is 11.2. The van der Waals surface area contributed by atoms with Crippen molar-refractivity contribution in [3.05, 3.63) is 41.0 Å². The fourth-order valence-electron chi connectivity index (χ4n) is 8.47. The predicted molar refractivity (Wildman–Crippen MR) is 163 cm³/mol. The van der Waals surface area contributed by atoms with Gasteiger partial charge in [0.2, 0.25) is 0 Å². The Morgan fingerprint density at radius 1 is 0.900 bits per heavy atom. The van der Waals surface area contributed by atoms with E-state index in [1.807, 2.05) is 6.92 Å². The molecule has 0 bridgehead atoms. The van der Waals surface area contributed by atoms with E-state index < -0.39 is 50.3 Å². The number of halogens is 9. The molecule has 3 unspecified atom stereocenters. The molecule has 16 heteroatoms. The zero-order valence-electron chi connectivity index (χ0n) is 28.2. The van der Waals surface area contributed by atoms with Crippen LogP contribution in [-0.4, -0.2) is 62.4 Å². The van der Waals surface area contributed by atoms with Gasteiger partial charge in [0.25, 0.3) is 0 Å². The zero-order chi connectivity index (χ0) is 37.3. The highest BCUT2D eigenvalue weighted by molar-refractivity contribution is 7.88. The minimum Gasteiger partial charge on any atom is -0.396 e. The average Bonchev–Trinajstić information content (AvgIpc) is 3.03. The van der Waals surface area contributed by atoms with Gasteiger partial charge in [-0.1, -0.05) is 57.4 Å². The van der Waals surface area contributed by atoms with Crippen molar-refractivity contribution in [3.63, 3.8) is 0 Å². The second kappa shape index (κ2) is 12.8. The van der Waals surface area contributed by atoms with Crippen LogP contribution in [0.3, 0.4) is 0 Å². The van der Waals surface area contributed by atoms with Gasteiger partial charge in [-0.3, -0.25) is 0 Å². The second-order valence-corrected chi connectivity index (χ2v) is 17.0. The highest BCUT2D eigenvalue weighted by Gasteiger charge is 2.86. The summed E-state index contributed by atoms with van der Waals surface area (Å²) in [4.78, 5) is 0. The molecule has 5 atom stereocenters. The fourth-order valence-corrected chi connectivity index (χ4v) is 9.38. The number of alkyl halides is 9. The van der Waals surface area contributed by atoms with Gasteiger partial charge in [-0.15, -0.1) is 0 Å². The molecule has 1 saturated heterocycles. The topological polar surface area (TPSA) is 82.1 Å². The van der Waals surface area contributed by atoms with Gasteiger partial charge in [-0.2, -0.15) is 47.9 Å². The van der Waals surface area contributed by atoms with Crippen molar-refractivity contribution in [1.82, 2.24) is 0 Å². The Labute approximate surface area is 285 Å². The molecule has 1 aliphatic heterocycles. The Hall–Kier alpha value is -2.04. The van der Waals surface area contributed by atoms with Gasteiger partial charge in [-0.05, 0) is 73.0 Å². The first kappa shape index (κ1) is 39.2. The summed E-state index contributed by atoms with van der Waals surface area (Å²) >= 11 is 0. The Morgan fingerprint density at radius 3 is 2.04 bits per heavy atom. The van der Waals surface area contributed by atoms with Crippen LogP contribution in [0.15, 0.2) is 35.4 Å². The van der Waals surface area contributed by atoms with Crippen molar-refractivity contribution in [2.45, 2.75) is 114 Å². The Kier molecular flexibility index (Phi) is 10.0. The molecule has 2 saturated carbocycles. The maximum absolute atomic E-state index is 14.3. The molecule has 284 valence electrons. The first-order valence-corrected chi connectivity index (χ1v) is 18.1. The molecule has 1 aromatic rings. The van der Waals surface area contributed by atoms with Gasteiger partial charge in [0.1, 0.15) is 5.75 Å². The quantitative estimate of drug-likeness (QED) is 0.154. The minimum absolute atomic E-state index is 0.0887. The molecule has 1 heterocycles. The summed E-state index contributed by atoms with van der Waals surface area (Å²) in [6.45, 7) is 9.20. The molecule has 3 fully saturated rings. The monoisotopic (exact) mass is 750 g/mol. The molecular weight excluding hydrogens is 707 g/mol. The lowest BCUT2D eigenvalue weighted by Gasteiger charge is -2.56. The van der Waals surface area contributed by atoms with Crippen LogP contribution >= 0.6 is 0 Å².